The quantitative estimate of drug-likeness (QED) is 0.849. The van der Waals surface area contributed by atoms with Crippen LogP contribution in [-0.4, -0.2) is 39.9 Å². The van der Waals surface area contributed by atoms with Crippen molar-refractivity contribution in [2.45, 2.75) is 65.0 Å². The molecule has 1 saturated heterocycles. The van der Waals surface area contributed by atoms with Crippen molar-refractivity contribution in [3.63, 3.8) is 0 Å². The Bertz CT molecular complexity index is 601. The first-order chi connectivity index (χ1) is 10.7. The average Bonchev–Trinajstić information content (AvgIpc) is 2.96. The van der Waals surface area contributed by atoms with Gasteiger partial charge in [0.15, 0.2) is 5.78 Å². The Balaban J connectivity index is 1.99. The van der Waals surface area contributed by atoms with Crippen LogP contribution in [0.15, 0.2) is 18.2 Å². The Labute approximate surface area is 138 Å². The van der Waals surface area contributed by atoms with Crippen molar-refractivity contribution in [2.24, 2.45) is 0 Å². The number of likely N-dealkylation sites (tertiary alicyclic amines) is 1. The second kappa shape index (κ2) is 6.83. The van der Waals surface area contributed by atoms with E-state index in [9.17, 15) is 14.7 Å². The summed E-state index contributed by atoms with van der Waals surface area (Å²) in [5, 5.41) is 10.2. The fraction of sp³-hybridized carbons (Fsp3) is 0.579. The minimum absolute atomic E-state index is 0.0126. The molecule has 1 aromatic carbocycles. The molecule has 1 heterocycles. The molecule has 126 valence electrons. The summed E-state index contributed by atoms with van der Waals surface area (Å²) in [6.45, 7) is 8.03. The largest absolute Gasteiger partial charge is 0.388 e. The molecule has 0 spiro atoms. The zero-order chi connectivity index (χ0) is 17.2. The van der Waals surface area contributed by atoms with Gasteiger partial charge in [-0.2, -0.15) is 0 Å². The van der Waals surface area contributed by atoms with Crippen LogP contribution in [0.1, 0.15) is 61.0 Å². The van der Waals surface area contributed by atoms with E-state index in [-0.39, 0.29) is 30.6 Å². The summed E-state index contributed by atoms with van der Waals surface area (Å²) in [5.41, 5.74) is 1.80. The van der Waals surface area contributed by atoms with E-state index in [0.29, 0.717) is 12.1 Å². The molecule has 1 fully saturated rings. The zero-order valence-electron chi connectivity index (χ0n) is 14.6. The summed E-state index contributed by atoms with van der Waals surface area (Å²) in [6, 6.07) is 5.66. The van der Waals surface area contributed by atoms with Crippen molar-refractivity contribution in [3.05, 3.63) is 34.9 Å². The van der Waals surface area contributed by atoms with Crippen LogP contribution in [-0.2, 0) is 4.79 Å². The molecule has 1 amide bonds. The highest BCUT2D eigenvalue weighted by molar-refractivity contribution is 5.99. The summed E-state index contributed by atoms with van der Waals surface area (Å²) in [4.78, 5) is 26.6. The monoisotopic (exact) mass is 317 g/mol. The summed E-state index contributed by atoms with van der Waals surface area (Å²) >= 11 is 0. The molecule has 1 aliphatic rings. The van der Waals surface area contributed by atoms with E-state index >= 15 is 0 Å². The SMILES string of the molecule is Cc1ccc(C)c(C(=O)CCC(=O)N2CCCC2C(C)(C)O)c1. The van der Waals surface area contributed by atoms with Gasteiger partial charge < -0.3 is 10.0 Å². The van der Waals surface area contributed by atoms with E-state index < -0.39 is 5.60 Å². The van der Waals surface area contributed by atoms with Crippen LogP contribution in [0, 0.1) is 13.8 Å². The van der Waals surface area contributed by atoms with E-state index in [1.807, 2.05) is 32.0 Å². The van der Waals surface area contributed by atoms with Crippen molar-refractivity contribution in [1.29, 1.82) is 0 Å². The normalized spacial score (nSPS) is 18.3. The number of rotatable bonds is 5. The predicted octanol–water partition coefficient (Wildman–Crippen LogP) is 3.03. The number of amides is 1. The van der Waals surface area contributed by atoms with Crippen LogP contribution in [0.3, 0.4) is 0 Å². The predicted molar refractivity (Wildman–Crippen MR) is 90.5 cm³/mol. The molecule has 23 heavy (non-hydrogen) atoms. The Hall–Kier alpha value is -1.68. The number of hydrogen-bond acceptors (Lipinski definition) is 3. The fourth-order valence-corrected chi connectivity index (χ4v) is 3.33. The molecule has 0 aliphatic carbocycles. The maximum Gasteiger partial charge on any atom is 0.223 e. The third-order valence-corrected chi connectivity index (χ3v) is 4.65. The average molecular weight is 317 g/mol. The molecule has 0 radical (unpaired) electrons. The van der Waals surface area contributed by atoms with Crippen LogP contribution >= 0.6 is 0 Å². The molecule has 1 atom stereocenters. The first kappa shape index (κ1) is 17.7. The molecule has 1 aromatic rings. The first-order valence-electron chi connectivity index (χ1n) is 8.32. The van der Waals surface area contributed by atoms with E-state index in [0.717, 1.165) is 24.0 Å². The Morgan fingerprint density at radius 3 is 2.61 bits per heavy atom. The standard InChI is InChI=1S/C19H27NO3/c1-13-7-8-14(2)15(12-13)16(21)9-10-18(22)20-11-5-6-17(20)19(3,4)23/h7-8,12,17,23H,5-6,9-11H2,1-4H3. The van der Waals surface area contributed by atoms with Gasteiger partial charge in [-0.3, -0.25) is 9.59 Å². The van der Waals surface area contributed by atoms with Crippen LogP contribution in [0.4, 0.5) is 0 Å². The fourth-order valence-electron chi connectivity index (χ4n) is 3.33. The molecular formula is C19H27NO3. The van der Waals surface area contributed by atoms with Crippen LogP contribution in [0.2, 0.25) is 0 Å². The smallest absolute Gasteiger partial charge is 0.223 e. The third-order valence-electron chi connectivity index (χ3n) is 4.65. The lowest BCUT2D eigenvalue weighted by Crippen LogP contribution is -2.48. The highest BCUT2D eigenvalue weighted by Crippen LogP contribution is 2.27. The molecule has 0 saturated carbocycles. The van der Waals surface area contributed by atoms with Gasteiger partial charge in [0.2, 0.25) is 5.91 Å². The topological polar surface area (TPSA) is 57.6 Å². The van der Waals surface area contributed by atoms with Crippen molar-refractivity contribution >= 4 is 11.7 Å². The van der Waals surface area contributed by atoms with Gasteiger partial charge in [-0.15, -0.1) is 0 Å². The lowest BCUT2D eigenvalue weighted by atomic mass is 9.96. The van der Waals surface area contributed by atoms with Gasteiger partial charge in [-0.05, 0) is 52.2 Å². The van der Waals surface area contributed by atoms with E-state index in [2.05, 4.69) is 0 Å². The molecule has 1 N–H and O–H groups in total. The molecule has 0 aromatic heterocycles. The van der Waals surface area contributed by atoms with E-state index in [1.165, 1.54) is 0 Å². The Morgan fingerprint density at radius 2 is 1.96 bits per heavy atom. The van der Waals surface area contributed by atoms with Crippen LogP contribution < -0.4 is 0 Å². The molecule has 0 bridgehead atoms. The molecule has 2 rings (SSSR count). The van der Waals surface area contributed by atoms with Crippen molar-refractivity contribution < 1.29 is 14.7 Å². The minimum atomic E-state index is -0.900. The van der Waals surface area contributed by atoms with Gasteiger partial charge in [-0.25, -0.2) is 0 Å². The molecule has 1 unspecified atom stereocenters. The number of hydrogen-bond donors (Lipinski definition) is 1. The number of ketones is 1. The molecule has 4 heteroatoms. The molecular weight excluding hydrogens is 290 g/mol. The van der Waals surface area contributed by atoms with Gasteiger partial charge in [0.25, 0.3) is 0 Å². The Kier molecular flexibility index (Phi) is 5.25. The number of Topliss-reactive ketones (excluding diaryl/α,β-unsaturated/α-hetero) is 1. The highest BCUT2D eigenvalue weighted by Gasteiger charge is 2.38. The maximum atomic E-state index is 12.5. The third kappa shape index (κ3) is 4.20. The van der Waals surface area contributed by atoms with Gasteiger partial charge in [0.05, 0.1) is 11.6 Å². The van der Waals surface area contributed by atoms with Gasteiger partial charge >= 0.3 is 0 Å². The second-order valence-corrected chi connectivity index (χ2v) is 7.14. The number of carbonyl (C=O) groups is 2. The van der Waals surface area contributed by atoms with Crippen LogP contribution in [0.25, 0.3) is 0 Å². The molecule has 4 nitrogen and oxygen atoms in total. The van der Waals surface area contributed by atoms with Gasteiger partial charge in [0.1, 0.15) is 0 Å². The number of benzene rings is 1. The summed E-state index contributed by atoms with van der Waals surface area (Å²) in [7, 11) is 0. The van der Waals surface area contributed by atoms with E-state index in [4.69, 9.17) is 0 Å². The number of nitrogens with zero attached hydrogens (tertiary/aromatic N) is 1. The zero-order valence-corrected chi connectivity index (χ0v) is 14.6. The van der Waals surface area contributed by atoms with Gasteiger partial charge in [0, 0.05) is 24.9 Å². The summed E-state index contributed by atoms with van der Waals surface area (Å²) in [5.74, 6) is -0.0214. The lowest BCUT2D eigenvalue weighted by molar-refractivity contribution is -0.136. The number of carbonyl (C=O) groups excluding carboxylic acids is 2. The van der Waals surface area contributed by atoms with Crippen molar-refractivity contribution in [3.8, 4) is 0 Å². The Morgan fingerprint density at radius 1 is 1.26 bits per heavy atom. The minimum Gasteiger partial charge on any atom is -0.388 e. The highest BCUT2D eigenvalue weighted by atomic mass is 16.3. The summed E-state index contributed by atoms with van der Waals surface area (Å²) < 4.78 is 0. The summed E-state index contributed by atoms with van der Waals surface area (Å²) in [6.07, 6.45) is 2.16. The number of aliphatic hydroxyl groups is 1. The maximum absolute atomic E-state index is 12.5. The second-order valence-electron chi connectivity index (χ2n) is 7.14. The lowest BCUT2D eigenvalue weighted by Gasteiger charge is -2.33. The number of aryl methyl sites for hydroxylation is 2. The van der Waals surface area contributed by atoms with Gasteiger partial charge in [-0.1, -0.05) is 17.7 Å². The molecule has 1 aliphatic heterocycles. The first-order valence-corrected chi connectivity index (χ1v) is 8.32. The van der Waals surface area contributed by atoms with Crippen molar-refractivity contribution in [1.82, 2.24) is 4.90 Å². The van der Waals surface area contributed by atoms with Crippen molar-refractivity contribution in [2.75, 3.05) is 6.54 Å². The van der Waals surface area contributed by atoms with E-state index in [1.54, 1.807) is 18.7 Å². The van der Waals surface area contributed by atoms with Crippen LogP contribution in [0.5, 0.6) is 0 Å².